The van der Waals surface area contributed by atoms with E-state index in [2.05, 4.69) is 25.3 Å². The minimum Gasteiger partial charge on any atom is -0.369 e. The van der Waals surface area contributed by atoms with E-state index in [0.717, 1.165) is 24.3 Å². The zero-order valence-corrected chi connectivity index (χ0v) is 18.1. The van der Waals surface area contributed by atoms with Crippen LogP contribution in [0.15, 0.2) is 78.9 Å². The first-order valence-electron chi connectivity index (χ1n) is 11.0. The largest absolute Gasteiger partial charge is 0.369 e. The van der Waals surface area contributed by atoms with Crippen molar-refractivity contribution in [3.63, 3.8) is 0 Å². The molecule has 1 atom stereocenters. The number of halogens is 2. The van der Waals surface area contributed by atoms with Crippen LogP contribution in [0.1, 0.15) is 23.0 Å². The molecule has 0 bridgehead atoms. The number of rotatable bonds is 6. The Bertz CT molecular complexity index is 1190. The second-order valence-corrected chi connectivity index (χ2v) is 8.10. The van der Waals surface area contributed by atoms with Crippen molar-refractivity contribution < 1.29 is 8.78 Å². The first kappa shape index (κ1) is 21.2. The third-order valence-electron chi connectivity index (χ3n) is 6.05. The van der Waals surface area contributed by atoms with Crippen LogP contribution in [0.5, 0.6) is 0 Å². The van der Waals surface area contributed by atoms with Crippen molar-refractivity contribution in [1.82, 2.24) is 25.1 Å². The molecule has 1 fully saturated rings. The quantitative estimate of drug-likeness (QED) is 0.450. The smallest absolute Gasteiger partial charge is 0.173 e. The second kappa shape index (κ2) is 9.46. The number of anilines is 1. The van der Waals surface area contributed by atoms with Gasteiger partial charge in [-0.1, -0.05) is 48.5 Å². The van der Waals surface area contributed by atoms with Gasteiger partial charge in [0, 0.05) is 37.4 Å². The van der Waals surface area contributed by atoms with E-state index in [9.17, 15) is 8.78 Å². The van der Waals surface area contributed by atoms with Crippen LogP contribution in [0, 0.1) is 11.6 Å². The second-order valence-electron chi connectivity index (χ2n) is 8.10. The van der Waals surface area contributed by atoms with E-state index in [1.165, 1.54) is 18.2 Å². The Balaban J connectivity index is 1.43. The van der Waals surface area contributed by atoms with Gasteiger partial charge in [-0.25, -0.2) is 13.5 Å². The molecule has 0 N–H and O–H groups in total. The van der Waals surface area contributed by atoms with Crippen LogP contribution in [0.25, 0.3) is 0 Å². The van der Waals surface area contributed by atoms with Crippen LogP contribution in [0.3, 0.4) is 0 Å². The molecule has 0 radical (unpaired) electrons. The van der Waals surface area contributed by atoms with Gasteiger partial charge in [-0.3, -0.25) is 4.90 Å². The monoisotopic (exact) mass is 446 g/mol. The molecular formula is C25H24F2N6. The predicted molar refractivity (Wildman–Crippen MR) is 122 cm³/mol. The van der Waals surface area contributed by atoms with Gasteiger partial charge in [0.05, 0.1) is 6.54 Å². The summed E-state index contributed by atoms with van der Waals surface area (Å²) in [7, 11) is 0. The number of tetrazole rings is 1. The molecule has 0 saturated carbocycles. The fraction of sp³-hybridized carbons (Fsp3) is 0.240. The van der Waals surface area contributed by atoms with Crippen molar-refractivity contribution in [2.75, 3.05) is 31.1 Å². The van der Waals surface area contributed by atoms with E-state index in [0.29, 0.717) is 31.0 Å². The molecule has 1 aliphatic rings. The molecule has 0 amide bonds. The van der Waals surface area contributed by atoms with Crippen molar-refractivity contribution in [3.8, 4) is 0 Å². The van der Waals surface area contributed by atoms with Gasteiger partial charge in [0.1, 0.15) is 17.7 Å². The van der Waals surface area contributed by atoms with Gasteiger partial charge in [0.2, 0.25) is 0 Å². The molecule has 1 aromatic heterocycles. The van der Waals surface area contributed by atoms with Crippen molar-refractivity contribution in [2.45, 2.75) is 12.6 Å². The number of piperazine rings is 1. The summed E-state index contributed by atoms with van der Waals surface area (Å²) in [6.07, 6.45) is 0. The highest BCUT2D eigenvalue weighted by atomic mass is 19.1. The molecule has 2 heterocycles. The van der Waals surface area contributed by atoms with Gasteiger partial charge in [0.25, 0.3) is 0 Å². The zero-order chi connectivity index (χ0) is 22.6. The number of nitrogens with zero attached hydrogens (tertiary/aromatic N) is 6. The number of hydrogen-bond donors (Lipinski definition) is 0. The third-order valence-corrected chi connectivity index (χ3v) is 6.05. The highest BCUT2D eigenvalue weighted by Crippen LogP contribution is 2.31. The molecular weight excluding hydrogens is 422 g/mol. The lowest BCUT2D eigenvalue weighted by Crippen LogP contribution is -2.48. The Morgan fingerprint density at radius 3 is 2.21 bits per heavy atom. The fourth-order valence-corrected chi connectivity index (χ4v) is 4.36. The van der Waals surface area contributed by atoms with Crippen LogP contribution < -0.4 is 4.90 Å². The Hall–Kier alpha value is -3.65. The fourth-order valence-electron chi connectivity index (χ4n) is 4.36. The van der Waals surface area contributed by atoms with Crippen molar-refractivity contribution in [1.29, 1.82) is 0 Å². The van der Waals surface area contributed by atoms with E-state index in [1.807, 2.05) is 36.4 Å². The molecule has 0 aliphatic carbocycles. The average molecular weight is 447 g/mol. The Morgan fingerprint density at radius 1 is 0.788 bits per heavy atom. The molecule has 168 valence electrons. The third kappa shape index (κ3) is 4.61. The van der Waals surface area contributed by atoms with Crippen LogP contribution in [0.2, 0.25) is 0 Å². The molecule has 0 spiro atoms. The van der Waals surface area contributed by atoms with Gasteiger partial charge >= 0.3 is 0 Å². The minimum atomic E-state index is -0.416. The maximum atomic E-state index is 15.0. The highest BCUT2D eigenvalue weighted by Gasteiger charge is 2.32. The van der Waals surface area contributed by atoms with E-state index in [-0.39, 0.29) is 11.6 Å². The van der Waals surface area contributed by atoms with Gasteiger partial charge in [0.15, 0.2) is 5.82 Å². The molecule has 1 saturated heterocycles. The summed E-state index contributed by atoms with van der Waals surface area (Å²) >= 11 is 0. The molecule has 3 aromatic carbocycles. The number of hydrogen-bond acceptors (Lipinski definition) is 5. The summed E-state index contributed by atoms with van der Waals surface area (Å²) in [4.78, 5) is 4.42. The van der Waals surface area contributed by atoms with Crippen LogP contribution in [-0.4, -0.2) is 51.3 Å². The molecule has 0 unspecified atom stereocenters. The standard InChI is InChI=1S/C25H24F2N6/c26-20-10-12-21(13-11-20)31-14-16-32(17-15-31)24(22-8-4-5-9-23(22)27)25-28-29-30-33(25)18-19-6-2-1-3-7-19/h1-13,24H,14-18H2/t24-/m0/s1. The zero-order valence-electron chi connectivity index (χ0n) is 18.1. The van der Waals surface area contributed by atoms with Gasteiger partial charge < -0.3 is 4.90 Å². The SMILES string of the molecule is Fc1ccc(N2CCN([C@@H](c3ccccc3F)c3nnnn3Cc3ccccc3)CC2)cc1. The Morgan fingerprint density at radius 2 is 1.48 bits per heavy atom. The summed E-state index contributed by atoms with van der Waals surface area (Å²) in [5, 5.41) is 12.5. The Kier molecular flexibility index (Phi) is 6.08. The van der Waals surface area contributed by atoms with Crippen LogP contribution in [0.4, 0.5) is 14.5 Å². The summed E-state index contributed by atoms with van der Waals surface area (Å²) in [6.45, 7) is 3.35. The molecule has 8 heteroatoms. The summed E-state index contributed by atoms with van der Waals surface area (Å²) in [5.74, 6) is 0.0826. The average Bonchev–Trinajstić information content (AvgIpc) is 3.30. The molecule has 6 nitrogen and oxygen atoms in total. The lowest BCUT2D eigenvalue weighted by atomic mass is 10.0. The van der Waals surface area contributed by atoms with E-state index in [1.54, 1.807) is 28.9 Å². The molecule has 5 rings (SSSR count). The van der Waals surface area contributed by atoms with Crippen molar-refractivity contribution >= 4 is 5.69 Å². The van der Waals surface area contributed by atoms with Crippen LogP contribution >= 0.6 is 0 Å². The van der Waals surface area contributed by atoms with Crippen molar-refractivity contribution in [3.05, 3.63) is 107 Å². The first-order valence-corrected chi connectivity index (χ1v) is 11.0. The lowest BCUT2D eigenvalue weighted by molar-refractivity contribution is 0.198. The van der Waals surface area contributed by atoms with Gasteiger partial charge in [-0.15, -0.1) is 5.10 Å². The number of aromatic nitrogens is 4. The summed E-state index contributed by atoms with van der Waals surface area (Å²) < 4.78 is 30.0. The predicted octanol–water partition coefficient (Wildman–Crippen LogP) is 3.91. The van der Waals surface area contributed by atoms with Gasteiger partial charge in [-0.2, -0.15) is 0 Å². The lowest BCUT2D eigenvalue weighted by Gasteiger charge is -2.40. The normalized spacial score (nSPS) is 15.5. The summed E-state index contributed by atoms with van der Waals surface area (Å²) in [6, 6.07) is 22.9. The highest BCUT2D eigenvalue weighted by molar-refractivity contribution is 5.46. The van der Waals surface area contributed by atoms with E-state index in [4.69, 9.17) is 0 Å². The minimum absolute atomic E-state index is 0.248. The summed E-state index contributed by atoms with van der Waals surface area (Å²) in [5.41, 5.74) is 2.60. The maximum absolute atomic E-state index is 15.0. The van der Waals surface area contributed by atoms with E-state index >= 15 is 0 Å². The molecule has 33 heavy (non-hydrogen) atoms. The van der Waals surface area contributed by atoms with E-state index < -0.39 is 6.04 Å². The first-order chi connectivity index (χ1) is 16.2. The maximum Gasteiger partial charge on any atom is 0.173 e. The van der Waals surface area contributed by atoms with Crippen LogP contribution in [-0.2, 0) is 6.54 Å². The van der Waals surface area contributed by atoms with Gasteiger partial charge in [-0.05, 0) is 46.3 Å². The van der Waals surface area contributed by atoms with Crippen molar-refractivity contribution in [2.24, 2.45) is 0 Å². The molecule has 1 aliphatic heterocycles. The topological polar surface area (TPSA) is 50.1 Å². The number of benzene rings is 3. The Labute approximate surface area is 191 Å². The molecule has 4 aromatic rings.